The summed E-state index contributed by atoms with van der Waals surface area (Å²) < 4.78 is 0. The minimum atomic E-state index is 0.530. The molecule has 2 heterocycles. The van der Waals surface area contributed by atoms with E-state index in [1.165, 1.54) is 26.2 Å². The minimum absolute atomic E-state index is 0.530. The quantitative estimate of drug-likeness (QED) is 0.548. The van der Waals surface area contributed by atoms with E-state index in [4.69, 9.17) is 0 Å². The first-order valence-corrected chi connectivity index (χ1v) is 4.45. The number of fused-ring (bicyclic) bond motifs is 1. The normalized spacial score (nSPS) is 51.5. The van der Waals surface area contributed by atoms with Crippen molar-refractivity contribution in [2.45, 2.75) is 13.8 Å². The molecule has 11 heavy (non-hydrogen) atoms. The molecule has 2 nitrogen and oxygen atoms in total. The van der Waals surface area contributed by atoms with Crippen LogP contribution in [0.25, 0.3) is 0 Å². The van der Waals surface area contributed by atoms with E-state index in [1.807, 2.05) is 0 Å². The predicted octanol–water partition coefficient (Wildman–Crippen LogP) is 0.548. The van der Waals surface area contributed by atoms with E-state index >= 15 is 0 Å². The van der Waals surface area contributed by atoms with Crippen molar-refractivity contribution in [2.75, 3.05) is 33.2 Å². The van der Waals surface area contributed by atoms with Gasteiger partial charge in [-0.15, -0.1) is 0 Å². The Kier molecular flexibility index (Phi) is 1.37. The van der Waals surface area contributed by atoms with Gasteiger partial charge in [-0.05, 0) is 7.05 Å². The van der Waals surface area contributed by atoms with Crippen molar-refractivity contribution in [1.29, 1.82) is 0 Å². The molecule has 0 aromatic rings. The first-order valence-electron chi connectivity index (χ1n) is 4.45. The van der Waals surface area contributed by atoms with Gasteiger partial charge in [0.25, 0.3) is 0 Å². The van der Waals surface area contributed by atoms with Crippen LogP contribution in [0.4, 0.5) is 0 Å². The number of nitrogens with one attached hydrogen (secondary N) is 1. The Balaban J connectivity index is 2.28. The van der Waals surface area contributed by atoms with Gasteiger partial charge in [-0.1, -0.05) is 13.8 Å². The van der Waals surface area contributed by atoms with Gasteiger partial charge in [0.1, 0.15) is 0 Å². The van der Waals surface area contributed by atoms with Gasteiger partial charge in [-0.2, -0.15) is 0 Å². The maximum absolute atomic E-state index is 3.50. The maximum atomic E-state index is 3.50. The Bertz CT molecular complexity index is 162. The third kappa shape index (κ3) is 0.859. The van der Waals surface area contributed by atoms with Crippen molar-refractivity contribution in [3.63, 3.8) is 0 Å². The van der Waals surface area contributed by atoms with Gasteiger partial charge >= 0.3 is 0 Å². The van der Waals surface area contributed by atoms with Crippen LogP contribution in [0.5, 0.6) is 0 Å². The number of rotatable bonds is 0. The average molecular weight is 154 g/mol. The summed E-state index contributed by atoms with van der Waals surface area (Å²) in [6.45, 7) is 9.75. The lowest BCUT2D eigenvalue weighted by Gasteiger charge is -2.31. The van der Waals surface area contributed by atoms with E-state index in [-0.39, 0.29) is 0 Å². The van der Waals surface area contributed by atoms with Crippen molar-refractivity contribution in [3.8, 4) is 0 Å². The zero-order valence-electron chi connectivity index (χ0n) is 7.78. The molecule has 0 aromatic carbocycles. The second-order valence-corrected chi connectivity index (χ2v) is 4.90. The van der Waals surface area contributed by atoms with Crippen LogP contribution < -0.4 is 5.32 Å². The molecule has 0 saturated carbocycles. The third-order valence-electron chi connectivity index (χ3n) is 3.73. The molecule has 0 aromatic heterocycles. The van der Waals surface area contributed by atoms with Crippen LogP contribution in [-0.4, -0.2) is 38.1 Å². The highest BCUT2D eigenvalue weighted by molar-refractivity contribution is 5.07. The van der Waals surface area contributed by atoms with Crippen LogP contribution in [0.1, 0.15) is 13.8 Å². The Labute approximate surface area is 69.0 Å². The molecule has 2 aliphatic heterocycles. The Morgan fingerprint density at radius 2 is 1.55 bits per heavy atom. The molecule has 0 spiro atoms. The molecule has 2 rings (SSSR count). The van der Waals surface area contributed by atoms with Gasteiger partial charge in [-0.3, -0.25) is 0 Å². The molecule has 0 bridgehead atoms. The van der Waals surface area contributed by atoms with Gasteiger partial charge in [0, 0.05) is 37.0 Å². The number of hydrogen-bond donors (Lipinski definition) is 1. The summed E-state index contributed by atoms with van der Waals surface area (Å²) >= 11 is 0. The van der Waals surface area contributed by atoms with Gasteiger partial charge in [0.2, 0.25) is 0 Å². The molecule has 2 heteroatoms. The highest BCUT2D eigenvalue weighted by Crippen LogP contribution is 2.47. The Morgan fingerprint density at radius 3 is 2.00 bits per heavy atom. The molecule has 2 fully saturated rings. The third-order valence-corrected chi connectivity index (χ3v) is 3.73. The molecule has 64 valence electrons. The molecule has 2 aliphatic rings. The summed E-state index contributed by atoms with van der Waals surface area (Å²) in [5.74, 6) is 0. The van der Waals surface area contributed by atoms with E-state index in [0.717, 1.165) is 0 Å². The number of nitrogens with zero attached hydrogens (tertiary/aromatic N) is 1. The van der Waals surface area contributed by atoms with Crippen molar-refractivity contribution >= 4 is 0 Å². The Morgan fingerprint density at radius 1 is 1.09 bits per heavy atom. The summed E-state index contributed by atoms with van der Waals surface area (Å²) in [6, 6.07) is 0. The summed E-state index contributed by atoms with van der Waals surface area (Å²) in [5, 5.41) is 3.50. The lowest BCUT2D eigenvalue weighted by molar-refractivity contribution is 0.212. The average Bonchev–Trinajstić information content (AvgIpc) is 2.16. The van der Waals surface area contributed by atoms with E-state index in [9.17, 15) is 0 Å². The smallest absolute Gasteiger partial charge is 0.00509 e. The molecule has 2 atom stereocenters. The van der Waals surface area contributed by atoms with Gasteiger partial charge in [0.15, 0.2) is 0 Å². The van der Waals surface area contributed by atoms with Crippen molar-refractivity contribution in [2.24, 2.45) is 10.8 Å². The molecule has 0 amide bonds. The fourth-order valence-electron chi connectivity index (χ4n) is 2.78. The summed E-state index contributed by atoms with van der Waals surface area (Å²) in [7, 11) is 2.23. The molecular formula is C9H18N2. The first-order chi connectivity index (χ1) is 5.06. The standard InChI is InChI=1S/C9H18N2/c1-8-4-10-5-9(8,2)7-11(3)6-8/h10H,4-7H2,1-3H3/t8-,9?/m0/s1. The van der Waals surface area contributed by atoms with Crippen LogP contribution in [-0.2, 0) is 0 Å². The van der Waals surface area contributed by atoms with Gasteiger partial charge in [0.05, 0.1) is 0 Å². The van der Waals surface area contributed by atoms with E-state index < -0.39 is 0 Å². The molecular weight excluding hydrogens is 136 g/mol. The van der Waals surface area contributed by atoms with E-state index in [1.54, 1.807) is 0 Å². The van der Waals surface area contributed by atoms with Crippen molar-refractivity contribution in [1.82, 2.24) is 10.2 Å². The van der Waals surface area contributed by atoms with Crippen molar-refractivity contribution < 1.29 is 0 Å². The second kappa shape index (κ2) is 1.99. The van der Waals surface area contributed by atoms with Crippen molar-refractivity contribution in [3.05, 3.63) is 0 Å². The summed E-state index contributed by atoms with van der Waals surface area (Å²) in [6.07, 6.45) is 0. The lowest BCUT2D eigenvalue weighted by atomic mass is 9.71. The Hall–Kier alpha value is -0.0800. The second-order valence-electron chi connectivity index (χ2n) is 4.90. The largest absolute Gasteiger partial charge is 0.316 e. The molecule has 0 aliphatic carbocycles. The zero-order chi connectivity index (χ0) is 8.11. The molecule has 1 N–H and O–H groups in total. The highest BCUT2D eigenvalue weighted by atomic mass is 15.2. The molecule has 2 saturated heterocycles. The first kappa shape index (κ1) is 7.56. The van der Waals surface area contributed by atoms with Crippen LogP contribution in [0.2, 0.25) is 0 Å². The fourth-order valence-corrected chi connectivity index (χ4v) is 2.78. The lowest BCUT2D eigenvalue weighted by Crippen LogP contribution is -2.34. The fraction of sp³-hybridized carbons (Fsp3) is 1.00. The highest BCUT2D eigenvalue weighted by Gasteiger charge is 2.53. The van der Waals surface area contributed by atoms with E-state index in [2.05, 4.69) is 31.1 Å². The van der Waals surface area contributed by atoms with Crippen LogP contribution in [0, 0.1) is 10.8 Å². The van der Waals surface area contributed by atoms with Crippen LogP contribution >= 0.6 is 0 Å². The van der Waals surface area contributed by atoms with Gasteiger partial charge < -0.3 is 10.2 Å². The monoisotopic (exact) mass is 154 g/mol. The molecule has 1 unspecified atom stereocenters. The zero-order valence-corrected chi connectivity index (χ0v) is 7.78. The van der Waals surface area contributed by atoms with Crippen LogP contribution in [0.3, 0.4) is 0 Å². The van der Waals surface area contributed by atoms with Crippen LogP contribution in [0.15, 0.2) is 0 Å². The predicted molar refractivity (Wildman–Crippen MR) is 46.6 cm³/mol. The minimum Gasteiger partial charge on any atom is -0.316 e. The number of hydrogen-bond acceptors (Lipinski definition) is 2. The SMILES string of the molecule is CN1CC2(C)CNC[C@@]2(C)C1. The van der Waals surface area contributed by atoms with E-state index in [0.29, 0.717) is 10.8 Å². The maximum Gasteiger partial charge on any atom is 0.00509 e. The number of likely N-dealkylation sites (tertiary alicyclic amines) is 1. The molecule has 0 radical (unpaired) electrons. The summed E-state index contributed by atoms with van der Waals surface area (Å²) in [4.78, 5) is 2.46. The topological polar surface area (TPSA) is 15.3 Å². The van der Waals surface area contributed by atoms with Gasteiger partial charge in [-0.25, -0.2) is 0 Å². The summed E-state index contributed by atoms with van der Waals surface area (Å²) in [5.41, 5.74) is 1.06.